The first-order chi connectivity index (χ1) is 5.46. The summed E-state index contributed by atoms with van der Waals surface area (Å²) < 4.78 is 8.88. The molecule has 12 nitrogen and oxygen atoms in total. The molecular weight excluding hydrogens is 274 g/mol. The Balaban J connectivity index is -0.0000000522. The van der Waals surface area contributed by atoms with Crippen molar-refractivity contribution in [1.82, 2.24) is 0 Å². The van der Waals surface area contributed by atoms with E-state index < -0.39 is 18.0 Å². The molecule has 0 aliphatic heterocycles. The minimum atomic E-state index is -4.64. The van der Waals surface area contributed by atoms with Gasteiger partial charge in [-0.3, -0.25) is 0 Å². The molecular formula is H3MnN2O10P. The molecule has 0 aliphatic carbocycles. The Kier molecular flexibility index (Phi) is 19.9. The van der Waals surface area contributed by atoms with E-state index in [0.717, 1.165) is 0 Å². The van der Waals surface area contributed by atoms with E-state index in [4.69, 9.17) is 49.9 Å². The largest absolute Gasteiger partial charge is 2.00 e. The van der Waals surface area contributed by atoms with Gasteiger partial charge in [0.2, 0.25) is 0 Å². The molecule has 0 amide bonds. The minimum absolute atomic E-state index is 0. The quantitative estimate of drug-likeness (QED) is 0.203. The maximum absolute atomic E-state index is 8.88. The van der Waals surface area contributed by atoms with Crippen LogP contribution in [0.3, 0.4) is 0 Å². The Morgan fingerprint density at radius 2 is 0.857 bits per heavy atom. The van der Waals surface area contributed by atoms with Crippen molar-refractivity contribution >= 4 is 7.82 Å². The van der Waals surface area contributed by atoms with Crippen LogP contribution in [0.2, 0.25) is 0 Å². The molecule has 85 valence electrons. The van der Waals surface area contributed by atoms with Crippen LogP contribution in [0.15, 0.2) is 0 Å². The van der Waals surface area contributed by atoms with E-state index in [2.05, 4.69) is 0 Å². The van der Waals surface area contributed by atoms with Crippen molar-refractivity contribution < 1.29 is 46.5 Å². The summed E-state index contributed by atoms with van der Waals surface area (Å²) in [5.74, 6) is 0. The van der Waals surface area contributed by atoms with E-state index in [1.807, 2.05) is 0 Å². The first kappa shape index (κ1) is 23.1. The van der Waals surface area contributed by atoms with Gasteiger partial charge in [0.25, 0.3) is 0 Å². The van der Waals surface area contributed by atoms with Gasteiger partial charge in [0.05, 0.1) is 10.2 Å². The first-order valence-electron chi connectivity index (χ1n) is 1.88. The van der Waals surface area contributed by atoms with Crippen molar-refractivity contribution in [2.75, 3.05) is 0 Å². The van der Waals surface area contributed by atoms with Crippen LogP contribution in [-0.4, -0.2) is 24.9 Å². The van der Waals surface area contributed by atoms with E-state index >= 15 is 0 Å². The Morgan fingerprint density at radius 1 is 0.857 bits per heavy atom. The van der Waals surface area contributed by atoms with Gasteiger partial charge in [-0.1, -0.05) is 0 Å². The van der Waals surface area contributed by atoms with Crippen molar-refractivity contribution in [2.45, 2.75) is 0 Å². The van der Waals surface area contributed by atoms with Crippen LogP contribution < -0.4 is 0 Å². The molecule has 0 aliphatic rings. The first-order valence-corrected chi connectivity index (χ1v) is 3.44. The summed E-state index contributed by atoms with van der Waals surface area (Å²) in [5.41, 5.74) is 0. The van der Waals surface area contributed by atoms with Gasteiger partial charge in [-0.05, 0) is 0 Å². The maximum atomic E-state index is 8.88. The molecule has 0 fully saturated rings. The zero-order chi connectivity index (χ0) is 11.7. The Hall–Kier alpha value is -0.971. The molecule has 0 unspecified atom stereocenters. The molecule has 0 spiro atoms. The van der Waals surface area contributed by atoms with E-state index in [-0.39, 0.29) is 17.1 Å². The minimum Gasteiger partial charge on any atom is -0.356 e. The standard InChI is InChI=1S/Mn.2NO3.H3O4P/c;2*2-1(3)4;1-5(2,3)4/h;;;(H3,1,2,3,4)/q+2;2*-1;. The fourth-order valence-electron chi connectivity index (χ4n) is 0. The molecule has 0 atom stereocenters. The van der Waals surface area contributed by atoms with Crippen LogP contribution in [0.25, 0.3) is 0 Å². The van der Waals surface area contributed by atoms with E-state index in [1.165, 1.54) is 0 Å². The number of hydrogen-bond acceptors (Lipinski definition) is 7. The molecule has 1 radical (unpaired) electrons. The average molecular weight is 277 g/mol. The molecule has 0 aromatic heterocycles. The molecule has 14 heteroatoms. The summed E-state index contributed by atoms with van der Waals surface area (Å²) in [6, 6.07) is 0. The van der Waals surface area contributed by atoms with Crippen LogP contribution in [0.1, 0.15) is 0 Å². The molecule has 0 saturated heterocycles. The van der Waals surface area contributed by atoms with Crippen molar-refractivity contribution in [1.29, 1.82) is 0 Å². The third-order valence-electron chi connectivity index (χ3n) is 0. The predicted octanol–water partition coefficient (Wildman–Crippen LogP) is -1.41. The second kappa shape index (κ2) is 12.0. The smallest absolute Gasteiger partial charge is 0.356 e. The molecule has 0 aromatic carbocycles. The molecule has 0 bridgehead atoms. The molecule has 3 N–H and O–H groups in total. The number of hydrogen-bond donors (Lipinski definition) is 3. The summed E-state index contributed by atoms with van der Waals surface area (Å²) in [6.45, 7) is 0. The number of rotatable bonds is 0. The fraction of sp³-hybridized carbons (Fsp3) is 0. The summed E-state index contributed by atoms with van der Waals surface area (Å²) in [4.78, 5) is 38.1. The Labute approximate surface area is 85.7 Å². The van der Waals surface area contributed by atoms with Crippen LogP contribution in [0.5, 0.6) is 0 Å². The van der Waals surface area contributed by atoms with Gasteiger partial charge in [0.15, 0.2) is 0 Å². The van der Waals surface area contributed by atoms with Crippen LogP contribution >= 0.6 is 7.82 Å². The Morgan fingerprint density at radius 3 is 0.857 bits per heavy atom. The molecule has 0 rings (SSSR count). The second-order valence-corrected chi connectivity index (χ2v) is 1.99. The third kappa shape index (κ3) is 1180. The van der Waals surface area contributed by atoms with E-state index in [1.54, 1.807) is 0 Å². The fourth-order valence-corrected chi connectivity index (χ4v) is 0. The van der Waals surface area contributed by atoms with Gasteiger partial charge < -0.3 is 45.3 Å². The van der Waals surface area contributed by atoms with Crippen molar-refractivity contribution in [3.8, 4) is 0 Å². The zero-order valence-corrected chi connectivity index (χ0v) is 7.99. The van der Waals surface area contributed by atoms with Crippen molar-refractivity contribution in [3.05, 3.63) is 30.6 Å². The summed E-state index contributed by atoms with van der Waals surface area (Å²) in [7, 11) is -4.64. The van der Waals surface area contributed by atoms with Gasteiger partial charge in [0.1, 0.15) is 0 Å². The molecule has 14 heavy (non-hydrogen) atoms. The van der Waals surface area contributed by atoms with Gasteiger partial charge in [-0.25, -0.2) is 4.57 Å². The van der Waals surface area contributed by atoms with Crippen molar-refractivity contribution in [2.24, 2.45) is 0 Å². The van der Waals surface area contributed by atoms with Gasteiger partial charge in [-0.15, -0.1) is 0 Å². The van der Waals surface area contributed by atoms with Gasteiger partial charge in [-0.2, -0.15) is 0 Å². The summed E-state index contributed by atoms with van der Waals surface area (Å²) in [5, 5.41) is 29.5. The number of nitrogens with zero attached hydrogens (tertiary/aromatic N) is 2. The van der Waals surface area contributed by atoms with Gasteiger partial charge in [0, 0.05) is 0 Å². The average Bonchev–Trinajstić information content (AvgIpc) is 1.50. The normalized spacial score (nSPS) is 7.64. The predicted molar refractivity (Wildman–Crippen MR) is 35.0 cm³/mol. The van der Waals surface area contributed by atoms with Gasteiger partial charge >= 0.3 is 24.9 Å². The van der Waals surface area contributed by atoms with Crippen LogP contribution in [-0.2, 0) is 21.6 Å². The monoisotopic (exact) mass is 277 g/mol. The van der Waals surface area contributed by atoms with Crippen LogP contribution in [0.4, 0.5) is 0 Å². The van der Waals surface area contributed by atoms with Crippen LogP contribution in [0, 0.1) is 30.6 Å². The summed E-state index contributed by atoms with van der Waals surface area (Å²) in [6.07, 6.45) is 0. The van der Waals surface area contributed by atoms with E-state index in [0.29, 0.717) is 0 Å². The SMILES string of the molecule is O=P(O)(O)O.O=[N+]([O-])[O-].O=[N+]([O-])[O-].[Mn+2]. The maximum Gasteiger partial charge on any atom is 2.00 e. The second-order valence-electron chi connectivity index (χ2n) is 0.960. The molecule has 0 heterocycles. The number of phosphoric acid groups is 1. The summed E-state index contributed by atoms with van der Waals surface area (Å²) >= 11 is 0. The Bertz CT molecular complexity index is 166. The zero-order valence-electron chi connectivity index (χ0n) is 5.92. The molecule has 0 aromatic rings. The van der Waals surface area contributed by atoms with E-state index in [9.17, 15) is 0 Å². The molecule has 0 saturated carbocycles. The third-order valence-corrected chi connectivity index (χ3v) is 0. The topological polar surface area (TPSA) is 210 Å². The van der Waals surface area contributed by atoms with Crippen molar-refractivity contribution in [3.63, 3.8) is 0 Å².